The first-order chi connectivity index (χ1) is 14.7. The molecule has 1 heteroatoms. The van der Waals surface area contributed by atoms with Crippen molar-refractivity contribution in [2.75, 3.05) is 0 Å². The van der Waals surface area contributed by atoms with E-state index in [0.29, 0.717) is 12.0 Å². The maximum atomic E-state index is 6.27. The first kappa shape index (κ1) is 24.2. The Hall–Kier alpha value is -2.08. The minimum absolute atomic E-state index is 0.413. The average molecular weight is 404 g/mol. The summed E-state index contributed by atoms with van der Waals surface area (Å²) in [5, 5.41) is 0. The number of nitrogens with two attached hydrogens (primary N) is 1. The smallest absolute Gasteiger partial charge is 0.00388 e. The van der Waals surface area contributed by atoms with Gasteiger partial charge in [0.25, 0.3) is 0 Å². The Labute approximate surface area is 185 Å². The summed E-state index contributed by atoms with van der Waals surface area (Å²) in [6.45, 7) is 2.11. The molecule has 0 aromatic heterocycles. The van der Waals surface area contributed by atoms with Gasteiger partial charge in [-0.05, 0) is 56.3 Å². The van der Waals surface area contributed by atoms with Crippen LogP contribution in [0.5, 0.6) is 0 Å². The van der Waals surface area contributed by atoms with Gasteiger partial charge in [0.15, 0.2) is 0 Å². The van der Waals surface area contributed by atoms with E-state index >= 15 is 0 Å². The normalized spacial score (nSPS) is 24.6. The molecule has 2 unspecified atom stereocenters. The Bertz CT molecular complexity index is 719. The molecule has 2 aliphatic carbocycles. The van der Waals surface area contributed by atoms with Crippen molar-refractivity contribution in [3.8, 4) is 0 Å². The topological polar surface area (TPSA) is 26.0 Å². The molecule has 0 saturated heterocycles. The Balaban J connectivity index is 2.00. The van der Waals surface area contributed by atoms with E-state index < -0.39 is 0 Å². The highest BCUT2D eigenvalue weighted by atomic mass is 14.6. The van der Waals surface area contributed by atoms with Crippen LogP contribution in [0.1, 0.15) is 77.6 Å². The van der Waals surface area contributed by atoms with Gasteiger partial charge in [-0.25, -0.2) is 0 Å². The maximum Gasteiger partial charge on any atom is 0.00388 e. The lowest BCUT2D eigenvalue weighted by Gasteiger charge is -2.12. The van der Waals surface area contributed by atoms with Gasteiger partial charge in [0.1, 0.15) is 0 Å². The summed E-state index contributed by atoms with van der Waals surface area (Å²) in [4.78, 5) is 0. The predicted octanol–water partition coefficient (Wildman–Crippen LogP) is 8.06. The highest BCUT2D eigenvalue weighted by molar-refractivity contribution is 5.37. The standard InChI is InChI=1S/C29H41N/c1-26-16-7-5-10-19-27(20-11-6-8-17-26)22-15-23-28-18-9-3-2-4-12-24-29(30)25-14-13-21-28/h5-8,10-11,16-17,19-20,22-23,28-29H,2-4,9,12-14,18,21,24-25,30H2,1H3. The van der Waals surface area contributed by atoms with Crippen LogP contribution in [0, 0.1) is 5.92 Å². The van der Waals surface area contributed by atoms with Gasteiger partial charge in [-0.2, -0.15) is 0 Å². The Morgan fingerprint density at radius 1 is 0.733 bits per heavy atom. The third kappa shape index (κ3) is 11.8. The molecule has 2 rings (SSSR count). The minimum Gasteiger partial charge on any atom is -0.328 e. The van der Waals surface area contributed by atoms with Crippen molar-refractivity contribution in [3.63, 3.8) is 0 Å². The molecular weight excluding hydrogens is 362 g/mol. The van der Waals surface area contributed by atoms with Crippen LogP contribution in [0.3, 0.4) is 0 Å². The van der Waals surface area contributed by atoms with Gasteiger partial charge in [0.05, 0.1) is 0 Å². The molecule has 2 N–H and O–H groups in total. The van der Waals surface area contributed by atoms with E-state index in [4.69, 9.17) is 5.73 Å². The molecule has 30 heavy (non-hydrogen) atoms. The lowest BCUT2D eigenvalue weighted by atomic mass is 9.94. The number of hydrogen-bond acceptors (Lipinski definition) is 1. The average Bonchev–Trinajstić information content (AvgIpc) is 2.74. The van der Waals surface area contributed by atoms with Gasteiger partial charge in [0.2, 0.25) is 0 Å². The van der Waals surface area contributed by atoms with Crippen molar-refractivity contribution in [1.82, 2.24) is 0 Å². The van der Waals surface area contributed by atoms with Crippen LogP contribution in [-0.4, -0.2) is 6.04 Å². The second-order valence-corrected chi connectivity index (χ2v) is 8.69. The molecule has 0 aromatic carbocycles. The summed E-state index contributed by atoms with van der Waals surface area (Å²) in [6.07, 6.45) is 39.7. The van der Waals surface area contributed by atoms with Crippen LogP contribution >= 0.6 is 0 Å². The van der Waals surface area contributed by atoms with E-state index in [9.17, 15) is 0 Å². The zero-order valence-electron chi connectivity index (χ0n) is 18.9. The molecule has 0 amide bonds. The quantitative estimate of drug-likeness (QED) is 0.464. The van der Waals surface area contributed by atoms with Gasteiger partial charge < -0.3 is 5.73 Å². The van der Waals surface area contributed by atoms with E-state index in [2.05, 4.69) is 85.6 Å². The summed E-state index contributed by atoms with van der Waals surface area (Å²) in [5.41, 5.74) is 12.2. The molecule has 2 atom stereocenters. The summed E-state index contributed by atoms with van der Waals surface area (Å²) < 4.78 is 0. The fraction of sp³-hybridized carbons (Fsp3) is 0.483. The van der Waals surface area contributed by atoms with Gasteiger partial charge in [-0.3, -0.25) is 0 Å². The molecule has 0 aliphatic heterocycles. The van der Waals surface area contributed by atoms with E-state index in [1.54, 1.807) is 0 Å². The van der Waals surface area contributed by atoms with Crippen LogP contribution in [-0.2, 0) is 0 Å². The maximum absolute atomic E-state index is 6.27. The molecule has 0 aromatic rings. The molecule has 1 saturated carbocycles. The monoisotopic (exact) mass is 403 g/mol. The van der Waals surface area contributed by atoms with Crippen LogP contribution in [0.15, 0.2) is 89.8 Å². The Morgan fingerprint density at radius 2 is 1.33 bits per heavy atom. The van der Waals surface area contributed by atoms with Crippen molar-refractivity contribution >= 4 is 0 Å². The summed E-state index contributed by atoms with van der Waals surface area (Å²) in [5.74, 6) is 0.639. The van der Waals surface area contributed by atoms with E-state index in [-0.39, 0.29) is 0 Å². The molecule has 1 nitrogen and oxygen atoms in total. The second-order valence-electron chi connectivity index (χ2n) is 8.69. The molecule has 0 heterocycles. The first-order valence-corrected chi connectivity index (χ1v) is 12.0. The van der Waals surface area contributed by atoms with Crippen LogP contribution in [0.2, 0.25) is 0 Å². The Kier molecular flexibility index (Phi) is 12.7. The number of allylic oxidation sites excluding steroid dienone is 13. The third-order valence-electron chi connectivity index (χ3n) is 5.87. The predicted molar refractivity (Wildman–Crippen MR) is 133 cm³/mol. The SMILES string of the molecule is CC1=CC=CC=CC(C=C=CC2CCCCCCCC(N)CCCC2)=CC=CC=C1. The zero-order chi connectivity index (χ0) is 21.3. The third-order valence-corrected chi connectivity index (χ3v) is 5.87. The second kappa shape index (κ2) is 15.7. The highest BCUT2D eigenvalue weighted by Gasteiger charge is 2.08. The first-order valence-electron chi connectivity index (χ1n) is 12.0. The molecule has 0 spiro atoms. The van der Waals surface area contributed by atoms with E-state index in [1.165, 1.54) is 76.2 Å². The fourth-order valence-corrected chi connectivity index (χ4v) is 3.98. The minimum atomic E-state index is 0.413. The van der Waals surface area contributed by atoms with Gasteiger partial charge >= 0.3 is 0 Å². The van der Waals surface area contributed by atoms with E-state index in [0.717, 1.165) is 5.57 Å². The summed E-state index contributed by atoms with van der Waals surface area (Å²) >= 11 is 0. The fourth-order valence-electron chi connectivity index (χ4n) is 3.98. The largest absolute Gasteiger partial charge is 0.328 e. The molecule has 0 radical (unpaired) electrons. The molecule has 0 bridgehead atoms. The van der Waals surface area contributed by atoms with Gasteiger partial charge in [-0.15, -0.1) is 5.73 Å². The zero-order valence-corrected chi connectivity index (χ0v) is 18.9. The molecule has 162 valence electrons. The molecule has 2 aliphatic rings. The Morgan fingerprint density at radius 3 is 2.13 bits per heavy atom. The van der Waals surface area contributed by atoms with Crippen LogP contribution in [0.4, 0.5) is 0 Å². The van der Waals surface area contributed by atoms with E-state index in [1.807, 2.05) is 0 Å². The number of hydrogen-bond donors (Lipinski definition) is 1. The summed E-state index contributed by atoms with van der Waals surface area (Å²) in [7, 11) is 0. The molecule has 1 fully saturated rings. The van der Waals surface area contributed by atoms with Crippen molar-refractivity contribution < 1.29 is 0 Å². The highest BCUT2D eigenvalue weighted by Crippen LogP contribution is 2.21. The van der Waals surface area contributed by atoms with Crippen molar-refractivity contribution in [1.29, 1.82) is 0 Å². The lowest BCUT2D eigenvalue weighted by molar-refractivity contribution is 0.467. The van der Waals surface area contributed by atoms with Crippen molar-refractivity contribution in [3.05, 3.63) is 89.8 Å². The van der Waals surface area contributed by atoms with Gasteiger partial charge in [-0.1, -0.05) is 111 Å². The summed E-state index contributed by atoms with van der Waals surface area (Å²) in [6, 6.07) is 0.413. The van der Waals surface area contributed by atoms with Crippen molar-refractivity contribution in [2.45, 2.75) is 83.6 Å². The van der Waals surface area contributed by atoms with Crippen LogP contribution < -0.4 is 5.73 Å². The number of rotatable bonds is 2. The van der Waals surface area contributed by atoms with Crippen molar-refractivity contribution in [2.24, 2.45) is 11.7 Å². The lowest BCUT2D eigenvalue weighted by Crippen LogP contribution is -2.19. The van der Waals surface area contributed by atoms with Gasteiger partial charge in [0, 0.05) is 6.04 Å². The van der Waals surface area contributed by atoms with Crippen LogP contribution in [0.25, 0.3) is 0 Å². The molecular formula is C29H41N.